The molecule has 6 heteroatoms. The summed E-state index contributed by atoms with van der Waals surface area (Å²) in [6.07, 6.45) is 1.50. The zero-order chi connectivity index (χ0) is 14.6. The van der Waals surface area contributed by atoms with E-state index >= 15 is 0 Å². The molecule has 0 aliphatic carbocycles. The number of benzene rings is 1. The molecule has 0 radical (unpaired) electrons. The molecule has 0 bridgehead atoms. The topological polar surface area (TPSA) is 87.0 Å². The Labute approximate surface area is 118 Å². The number of nitrogens with one attached hydrogen (secondary N) is 1. The van der Waals surface area contributed by atoms with Gasteiger partial charge in [-0.1, -0.05) is 12.1 Å². The van der Waals surface area contributed by atoms with Gasteiger partial charge in [-0.15, -0.1) is 0 Å². The van der Waals surface area contributed by atoms with Crippen molar-refractivity contribution >= 4 is 15.7 Å². The summed E-state index contributed by atoms with van der Waals surface area (Å²) in [6.45, 7) is 0. The maximum absolute atomic E-state index is 11.9. The first-order valence-electron chi connectivity index (χ1n) is 6.47. The van der Waals surface area contributed by atoms with Crippen molar-refractivity contribution in [3.8, 4) is 6.07 Å². The summed E-state index contributed by atoms with van der Waals surface area (Å²) in [7, 11) is -3.01. The third-order valence-electron chi connectivity index (χ3n) is 3.28. The zero-order valence-corrected chi connectivity index (χ0v) is 11.8. The molecule has 2 rings (SSSR count). The van der Waals surface area contributed by atoms with E-state index in [4.69, 9.17) is 5.26 Å². The van der Waals surface area contributed by atoms with Crippen molar-refractivity contribution in [3.63, 3.8) is 0 Å². The molecule has 1 unspecified atom stereocenters. The van der Waals surface area contributed by atoms with E-state index in [1.54, 1.807) is 24.3 Å². The number of rotatable bonds is 3. The summed E-state index contributed by atoms with van der Waals surface area (Å²) in [5, 5.41) is 11.5. The minimum absolute atomic E-state index is 0.0338. The minimum atomic E-state index is -3.01. The summed E-state index contributed by atoms with van der Waals surface area (Å²) < 4.78 is 23.0. The monoisotopic (exact) mass is 292 g/mol. The molecule has 1 amide bonds. The summed E-state index contributed by atoms with van der Waals surface area (Å²) in [4.78, 5) is 11.9. The van der Waals surface area contributed by atoms with Crippen LogP contribution in [0, 0.1) is 11.3 Å². The van der Waals surface area contributed by atoms with Gasteiger partial charge in [0.05, 0.1) is 29.6 Å². The molecule has 1 atom stereocenters. The fraction of sp³-hybridized carbons (Fsp3) is 0.429. The van der Waals surface area contributed by atoms with Crippen LogP contribution < -0.4 is 5.32 Å². The lowest BCUT2D eigenvalue weighted by atomic mass is 10.1. The Hall–Kier alpha value is -1.87. The third kappa shape index (κ3) is 4.07. The van der Waals surface area contributed by atoms with E-state index in [1.165, 1.54) is 0 Å². The van der Waals surface area contributed by atoms with Crippen molar-refractivity contribution in [1.29, 1.82) is 5.26 Å². The molecule has 5 nitrogen and oxygen atoms in total. The molecular weight excluding hydrogens is 276 g/mol. The number of carbonyl (C=O) groups is 1. The average molecular weight is 292 g/mol. The van der Waals surface area contributed by atoms with Gasteiger partial charge in [-0.25, -0.2) is 8.42 Å². The van der Waals surface area contributed by atoms with E-state index in [0.29, 0.717) is 18.4 Å². The molecule has 1 saturated heterocycles. The molecular formula is C14H16N2O3S. The van der Waals surface area contributed by atoms with E-state index in [2.05, 4.69) is 5.32 Å². The van der Waals surface area contributed by atoms with Crippen molar-refractivity contribution in [2.24, 2.45) is 0 Å². The maximum Gasteiger partial charge on any atom is 0.224 e. The quantitative estimate of drug-likeness (QED) is 0.892. The second-order valence-corrected chi connectivity index (χ2v) is 7.24. The first-order chi connectivity index (χ1) is 9.48. The normalized spacial score (nSPS) is 20.9. The van der Waals surface area contributed by atoms with Gasteiger partial charge < -0.3 is 5.32 Å². The summed E-state index contributed by atoms with van der Waals surface area (Å²) in [5.41, 5.74) is 1.35. The SMILES string of the molecule is N#Cc1ccc(CC(=O)NC2CCCS(=O)(=O)C2)cc1. The van der Waals surface area contributed by atoms with E-state index in [9.17, 15) is 13.2 Å². The predicted molar refractivity (Wildman–Crippen MR) is 74.7 cm³/mol. The van der Waals surface area contributed by atoms with Crippen LogP contribution in [0.25, 0.3) is 0 Å². The predicted octanol–water partition coefficient (Wildman–Crippen LogP) is 0.794. The standard InChI is InChI=1S/C14H16N2O3S/c15-9-12-5-3-11(4-6-12)8-14(17)16-13-2-1-7-20(18,19)10-13/h3-6,13H,1-2,7-8,10H2,(H,16,17). The largest absolute Gasteiger partial charge is 0.352 e. The van der Waals surface area contributed by atoms with Gasteiger partial charge in [0, 0.05) is 6.04 Å². The number of hydrogen-bond donors (Lipinski definition) is 1. The Morgan fingerprint density at radius 3 is 2.65 bits per heavy atom. The number of amides is 1. The molecule has 1 aliphatic rings. The molecule has 1 N–H and O–H groups in total. The molecule has 1 heterocycles. The number of nitriles is 1. The fourth-order valence-electron chi connectivity index (χ4n) is 2.30. The van der Waals surface area contributed by atoms with Crippen molar-refractivity contribution in [2.45, 2.75) is 25.3 Å². The van der Waals surface area contributed by atoms with Gasteiger partial charge in [0.15, 0.2) is 9.84 Å². The van der Waals surface area contributed by atoms with Crippen LogP contribution in [0.3, 0.4) is 0 Å². The fourth-order valence-corrected chi connectivity index (χ4v) is 3.93. The Balaban J connectivity index is 1.90. The number of sulfone groups is 1. The number of nitrogens with zero attached hydrogens (tertiary/aromatic N) is 1. The lowest BCUT2D eigenvalue weighted by molar-refractivity contribution is -0.121. The second kappa shape index (κ2) is 6.06. The minimum Gasteiger partial charge on any atom is -0.352 e. The molecule has 106 valence electrons. The van der Waals surface area contributed by atoms with Crippen molar-refractivity contribution in [3.05, 3.63) is 35.4 Å². The smallest absolute Gasteiger partial charge is 0.224 e. The molecule has 1 aromatic rings. The first kappa shape index (κ1) is 14.5. The summed E-state index contributed by atoms with van der Waals surface area (Å²) in [5.74, 6) is 0.0676. The van der Waals surface area contributed by atoms with Crippen molar-refractivity contribution < 1.29 is 13.2 Å². The Morgan fingerprint density at radius 1 is 1.35 bits per heavy atom. The van der Waals surface area contributed by atoms with Crippen LogP contribution in [0.1, 0.15) is 24.0 Å². The maximum atomic E-state index is 11.9. The van der Waals surface area contributed by atoms with E-state index in [0.717, 1.165) is 5.56 Å². The molecule has 0 spiro atoms. The molecule has 0 aromatic heterocycles. The Bertz CT molecular complexity index is 629. The summed E-state index contributed by atoms with van der Waals surface area (Å²) >= 11 is 0. The van der Waals surface area contributed by atoms with Crippen LogP contribution in [0.15, 0.2) is 24.3 Å². The highest BCUT2D eigenvalue weighted by atomic mass is 32.2. The van der Waals surface area contributed by atoms with Gasteiger partial charge >= 0.3 is 0 Å². The zero-order valence-electron chi connectivity index (χ0n) is 11.0. The molecule has 0 saturated carbocycles. The van der Waals surface area contributed by atoms with Gasteiger partial charge in [-0.2, -0.15) is 5.26 Å². The van der Waals surface area contributed by atoms with Gasteiger partial charge in [0.25, 0.3) is 0 Å². The van der Waals surface area contributed by atoms with Crippen LogP contribution in [-0.2, 0) is 21.1 Å². The van der Waals surface area contributed by atoms with E-state index in [1.807, 2.05) is 6.07 Å². The third-order valence-corrected chi connectivity index (χ3v) is 5.10. The number of hydrogen-bond acceptors (Lipinski definition) is 4. The van der Waals surface area contributed by atoms with Crippen LogP contribution in [0.2, 0.25) is 0 Å². The van der Waals surface area contributed by atoms with E-state index in [-0.39, 0.29) is 29.9 Å². The molecule has 1 fully saturated rings. The first-order valence-corrected chi connectivity index (χ1v) is 8.29. The second-order valence-electron chi connectivity index (χ2n) is 5.01. The molecule has 1 aromatic carbocycles. The molecule has 20 heavy (non-hydrogen) atoms. The lowest BCUT2D eigenvalue weighted by Gasteiger charge is -2.23. The van der Waals surface area contributed by atoms with Gasteiger partial charge in [0.1, 0.15) is 0 Å². The van der Waals surface area contributed by atoms with Crippen molar-refractivity contribution in [2.75, 3.05) is 11.5 Å². The Kier molecular flexibility index (Phi) is 4.40. The van der Waals surface area contributed by atoms with E-state index < -0.39 is 9.84 Å². The van der Waals surface area contributed by atoms with Gasteiger partial charge in [0.2, 0.25) is 5.91 Å². The van der Waals surface area contributed by atoms with Crippen LogP contribution in [0.5, 0.6) is 0 Å². The van der Waals surface area contributed by atoms with Crippen LogP contribution in [0.4, 0.5) is 0 Å². The van der Waals surface area contributed by atoms with Gasteiger partial charge in [-0.05, 0) is 30.5 Å². The highest BCUT2D eigenvalue weighted by molar-refractivity contribution is 7.91. The summed E-state index contributed by atoms with van der Waals surface area (Å²) in [6, 6.07) is 8.52. The van der Waals surface area contributed by atoms with Gasteiger partial charge in [-0.3, -0.25) is 4.79 Å². The Morgan fingerprint density at radius 2 is 2.05 bits per heavy atom. The van der Waals surface area contributed by atoms with Crippen LogP contribution >= 0.6 is 0 Å². The highest BCUT2D eigenvalue weighted by Gasteiger charge is 2.25. The highest BCUT2D eigenvalue weighted by Crippen LogP contribution is 2.12. The molecule has 1 aliphatic heterocycles. The average Bonchev–Trinajstić information content (AvgIpc) is 2.38. The van der Waals surface area contributed by atoms with Crippen molar-refractivity contribution in [1.82, 2.24) is 5.32 Å². The number of carbonyl (C=O) groups excluding carboxylic acids is 1. The lowest BCUT2D eigenvalue weighted by Crippen LogP contribution is -2.43. The van der Waals surface area contributed by atoms with Crippen LogP contribution in [-0.4, -0.2) is 31.9 Å².